The summed E-state index contributed by atoms with van der Waals surface area (Å²) in [6.45, 7) is 0.966. The second kappa shape index (κ2) is 5.79. The van der Waals surface area contributed by atoms with Crippen molar-refractivity contribution in [3.8, 4) is 5.75 Å². The van der Waals surface area contributed by atoms with Gasteiger partial charge >= 0.3 is 5.69 Å². The number of hydrogen-bond donors (Lipinski definition) is 1. The van der Waals surface area contributed by atoms with E-state index in [1.54, 1.807) is 12.1 Å². The minimum absolute atomic E-state index is 0.0410. The quantitative estimate of drug-likeness (QED) is 0.346. The van der Waals surface area contributed by atoms with Crippen LogP contribution in [0.15, 0.2) is 18.2 Å². The zero-order chi connectivity index (χ0) is 13.0. The third-order valence-corrected chi connectivity index (χ3v) is 2.80. The molecule has 0 amide bonds. The molecular weight excluding hydrogens is 236 g/mol. The SMILES string of the molecule is NCc1ccc(OCOCC2CC2)c([N+](=O)[O-])c1. The van der Waals surface area contributed by atoms with Gasteiger partial charge in [-0.1, -0.05) is 6.07 Å². The van der Waals surface area contributed by atoms with E-state index in [1.165, 1.54) is 18.9 Å². The van der Waals surface area contributed by atoms with Crippen molar-refractivity contribution in [2.24, 2.45) is 11.7 Å². The van der Waals surface area contributed by atoms with Crippen molar-refractivity contribution >= 4 is 5.69 Å². The highest BCUT2D eigenvalue weighted by Crippen LogP contribution is 2.30. The molecule has 1 fully saturated rings. The van der Waals surface area contributed by atoms with Crippen LogP contribution in [0.5, 0.6) is 5.75 Å². The molecule has 0 aromatic heterocycles. The summed E-state index contributed by atoms with van der Waals surface area (Å²) in [5, 5.41) is 10.9. The largest absolute Gasteiger partial charge is 0.460 e. The predicted molar refractivity (Wildman–Crippen MR) is 65.2 cm³/mol. The Morgan fingerprint density at radius 3 is 2.83 bits per heavy atom. The van der Waals surface area contributed by atoms with Crippen LogP contribution >= 0.6 is 0 Å². The van der Waals surface area contributed by atoms with Crippen molar-refractivity contribution in [2.45, 2.75) is 19.4 Å². The van der Waals surface area contributed by atoms with Crippen molar-refractivity contribution < 1.29 is 14.4 Å². The van der Waals surface area contributed by atoms with Crippen LogP contribution in [0.1, 0.15) is 18.4 Å². The Hall–Kier alpha value is -1.66. The maximum Gasteiger partial charge on any atom is 0.311 e. The summed E-state index contributed by atoms with van der Waals surface area (Å²) >= 11 is 0. The summed E-state index contributed by atoms with van der Waals surface area (Å²) in [4.78, 5) is 10.4. The maximum atomic E-state index is 10.9. The summed E-state index contributed by atoms with van der Waals surface area (Å²) in [6, 6.07) is 4.69. The highest BCUT2D eigenvalue weighted by Gasteiger charge is 2.21. The zero-order valence-electron chi connectivity index (χ0n) is 10.0. The third kappa shape index (κ3) is 3.41. The van der Waals surface area contributed by atoms with Crippen LogP contribution in [0.4, 0.5) is 5.69 Å². The highest BCUT2D eigenvalue weighted by atomic mass is 16.7. The van der Waals surface area contributed by atoms with Gasteiger partial charge < -0.3 is 15.2 Å². The van der Waals surface area contributed by atoms with Gasteiger partial charge in [0.1, 0.15) is 0 Å². The van der Waals surface area contributed by atoms with E-state index in [0.717, 1.165) is 0 Å². The smallest absolute Gasteiger partial charge is 0.311 e. The van der Waals surface area contributed by atoms with Crippen molar-refractivity contribution in [2.75, 3.05) is 13.4 Å². The molecule has 0 unspecified atom stereocenters. The van der Waals surface area contributed by atoms with Gasteiger partial charge in [-0.2, -0.15) is 0 Å². The van der Waals surface area contributed by atoms with Gasteiger partial charge in [-0.3, -0.25) is 10.1 Å². The van der Waals surface area contributed by atoms with Gasteiger partial charge in [0.15, 0.2) is 12.5 Å². The summed E-state index contributed by atoms with van der Waals surface area (Å²) in [6.07, 6.45) is 2.40. The minimum Gasteiger partial charge on any atom is -0.460 e. The molecule has 18 heavy (non-hydrogen) atoms. The number of benzene rings is 1. The van der Waals surface area contributed by atoms with Gasteiger partial charge in [-0.05, 0) is 30.4 Å². The van der Waals surface area contributed by atoms with E-state index < -0.39 is 4.92 Å². The Morgan fingerprint density at radius 1 is 1.44 bits per heavy atom. The fourth-order valence-electron chi connectivity index (χ4n) is 1.56. The summed E-state index contributed by atoms with van der Waals surface area (Å²) < 4.78 is 10.6. The molecule has 1 aliphatic carbocycles. The van der Waals surface area contributed by atoms with E-state index in [4.69, 9.17) is 15.2 Å². The third-order valence-electron chi connectivity index (χ3n) is 2.80. The van der Waals surface area contributed by atoms with E-state index in [9.17, 15) is 10.1 Å². The number of nitrogens with two attached hydrogens (primary N) is 1. The first-order valence-corrected chi connectivity index (χ1v) is 5.88. The van der Waals surface area contributed by atoms with E-state index in [0.29, 0.717) is 18.1 Å². The fourth-order valence-corrected chi connectivity index (χ4v) is 1.56. The number of nitrogens with zero attached hydrogens (tertiary/aromatic N) is 1. The lowest BCUT2D eigenvalue weighted by Crippen LogP contribution is -2.07. The van der Waals surface area contributed by atoms with Gasteiger partial charge in [0.2, 0.25) is 0 Å². The van der Waals surface area contributed by atoms with Crippen LogP contribution < -0.4 is 10.5 Å². The molecule has 0 saturated heterocycles. The molecule has 6 heteroatoms. The molecular formula is C12H16N2O4. The monoisotopic (exact) mass is 252 g/mol. The Morgan fingerprint density at radius 2 is 2.22 bits per heavy atom. The van der Waals surface area contributed by atoms with Crippen LogP contribution in [-0.4, -0.2) is 18.3 Å². The maximum absolute atomic E-state index is 10.9. The number of nitro benzene ring substituents is 1. The van der Waals surface area contributed by atoms with Crippen molar-refractivity contribution in [1.82, 2.24) is 0 Å². The van der Waals surface area contributed by atoms with Crippen molar-refractivity contribution in [3.63, 3.8) is 0 Å². The summed E-state index contributed by atoms with van der Waals surface area (Å²) in [7, 11) is 0. The Balaban J connectivity index is 1.94. The molecule has 6 nitrogen and oxygen atoms in total. The van der Waals surface area contributed by atoms with Gasteiger partial charge in [-0.25, -0.2) is 0 Å². The zero-order valence-corrected chi connectivity index (χ0v) is 10.0. The van der Waals surface area contributed by atoms with E-state index in [2.05, 4.69) is 0 Å². The predicted octanol–water partition coefficient (Wildman–Crippen LogP) is 1.82. The lowest BCUT2D eigenvalue weighted by atomic mass is 10.2. The molecule has 2 N–H and O–H groups in total. The second-order valence-electron chi connectivity index (χ2n) is 4.34. The summed E-state index contributed by atoms with van der Waals surface area (Å²) in [5.41, 5.74) is 6.07. The van der Waals surface area contributed by atoms with Crippen LogP contribution in [0, 0.1) is 16.0 Å². The van der Waals surface area contributed by atoms with Gasteiger partial charge in [0.25, 0.3) is 0 Å². The first-order chi connectivity index (χ1) is 8.70. The molecule has 1 aliphatic rings. The fraction of sp³-hybridized carbons (Fsp3) is 0.500. The molecule has 1 saturated carbocycles. The lowest BCUT2D eigenvalue weighted by molar-refractivity contribution is -0.386. The topological polar surface area (TPSA) is 87.6 Å². The van der Waals surface area contributed by atoms with E-state index in [1.807, 2.05) is 0 Å². The average Bonchev–Trinajstić information content (AvgIpc) is 3.18. The van der Waals surface area contributed by atoms with Crippen LogP contribution in [0.25, 0.3) is 0 Å². The number of hydrogen-bond acceptors (Lipinski definition) is 5. The van der Waals surface area contributed by atoms with Crippen molar-refractivity contribution in [3.05, 3.63) is 33.9 Å². The average molecular weight is 252 g/mol. The lowest BCUT2D eigenvalue weighted by Gasteiger charge is -2.08. The Kier molecular flexibility index (Phi) is 4.11. The Bertz CT molecular complexity index is 432. The molecule has 1 aromatic rings. The van der Waals surface area contributed by atoms with E-state index >= 15 is 0 Å². The van der Waals surface area contributed by atoms with Gasteiger partial charge in [0, 0.05) is 12.6 Å². The molecule has 98 valence electrons. The summed E-state index contributed by atoms with van der Waals surface area (Å²) in [5.74, 6) is 0.858. The normalized spacial score (nSPS) is 14.5. The first-order valence-electron chi connectivity index (χ1n) is 5.88. The molecule has 0 bridgehead atoms. The second-order valence-corrected chi connectivity index (χ2v) is 4.34. The van der Waals surface area contributed by atoms with E-state index in [-0.39, 0.29) is 24.8 Å². The minimum atomic E-state index is -0.477. The van der Waals surface area contributed by atoms with Crippen molar-refractivity contribution in [1.29, 1.82) is 0 Å². The molecule has 2 rings (SSSR count). The van der Waals surface area contributed by atoms with Crippen LogP contribution in [0.3, 0.4) is 0 Å². The standard InChI is InChI=1S/C12H16N2O4/c13-6-10-3-4-12(11(5-10)14(15)16)18-8-17-7-9-1-2-9/h3-5,9H,1-2,6-8,13H2. The molecule has 0 aliphatic heterocycles. The van der Waals surface area contributed by atoms with Gasteiger partial charge in [-0.15, -0.1) is 0 Å². The highest BCUT2D eigenvalue weighted by molar-refractivity contribution is 5.48. The first kappa shape index (κ1) is 12.8. The molecule has 0 heterocycles. The molecule has 0 radical (unpaired) electrons. The van der Waals surface area contributed by atoms with Gasteiger partial charge in [0.05, 0.1) is 11.5 Å². The number of ether oxygens (including phenoxy) is 2. The molecule has 0 atom stereocenters. The number of nitro groups is 1. The number of rotatable bonds is 7. The Labute approximate surface area is 105 Å². The van der Waals surface area contributed by atoms with Crippen LogP contribution in [-0.2, 0) is 11.3 Å². The molecule has 0 spiro atoms. The van der Waals surface area contributed by atoms with Crippen LogP contribution in [0.2, 0.25) is 0 Å². The molecule has 1 aromatic carbocycles.